The molecule has 1 aliphatic heterocycles. The van der Waals surface area contributed by atoms with E-state index in [2.05, 4.69) is 4.99 Å². The lowest BCUT2D eigenvalue weighted by atomic mass is 10.0. The first-order valence-electron chi connectivity index (χ1n) is 6.02. The van der Waals surface area contributed by atoms with Gasteiger partial charge in [-0.05, 0) is 35.9 Å². The first-order valence-corrected chi connectivity index (χ1v) is 6.40. The third kappa shape index (κ3) is 2.24. The highest BCUT2D eigenvalue weighted by atomic mass is 35.5. The zero-order valence-electron chi connectivity index (χ0n) is 10.4. The van der Waals surface area contributed by atoms with Crippen molar-refractivity contribution in [3.05, 3.63) is 58.6 Å². The van der Waals surface area contributed by atoms with Crippen molar-refractivity contribution in [2.45, 2.75) is 0 Å². The van der Waals surface area contributed by atoms with E-state index in [4.69, 9.17) is 11.6 Å². The minimum Gasteiger partial charge on any atom is -0.508 e. The number of carbonyl (C=O) groups is 1. The van der Waals surface area contributed by atoms with E-state index in [9.17, 15) is 9.90 Å². The highest BCUT2D eigenvalue weighted by Gasteiger charge is 2.20. The molecule has 3 nitrogen and oxygen atoms in total. The molecule has 4 heteroatoms. The van der Waals surface area contributed by atoms with E-state index in [-0.39, 0.29) is 5.75 Å². The second-order valence-electron chi connectivity index (χ2n) is 4.43. The normalized spacial score (nSPS) is 15.1. The van der Waals surface area contributed by atoms with Gasteiger partial charge < -0.3 is 5.11 Å². The molecule has 0 bridgehead atoms. The number of fused-ring (bicyclic) bond motifs is 1. The Morgan fingerprint density at radius 1 is 1.15 bits per heavy atom. The van der Waals surface area contributed by atoms with Crippen LogP contribution in [0.15, 0.2) is 47.5 Å². The maximum atomic E-state index is 11.2. The summed E-state index contributed by atoms with van der Waals surface area (Å²) in [5.74, 6) is 0.179. The van der Waals surface area contributed by atoms with Gasteiger partial charge in [-0.3, -0.25) is 4.79 Å². The molecular weight excluding hydrogens is 274 g/mol. The molecule has 20 heavy (non-hydrogen) atoms. The topological polar surface area (TPSA) is 49.7 Å². The lowest BCUT2D eigenvalue weighted by molar-refractivity contribution is -0.102. The van der Waals surface area contributed by atoms with Gasteiger partial charge in [-0.2, -0.15) is 0 Å². The summed E-state index contributed by atoms with van der Waals surface area (Å²) in [7, 11) is 0. The number of allylic oxidation sites excluding steroid dienone is 1. The van der Waals surface area contributed by atoms with Gasteiger partial charge in [-0.1, -0.05) is 29.8 Å². The summed E-state index contributed by atoms with van der Waals surface area (Å²) >= 11 is 5.93. The fourth-order valence-electron chi connectivity index (χ4n) is 2.18. The fraction of sp³-hybridized carbons (Fsp3) is 0. The van der Waals surface area contributed by atoms with Crippen molar-refractivity contribution in [3.63, 3.8) is 0 Å². The number of hydrogen-bond donors (Lipinski definition) is 1. The highest BCUT2D eigenvalue weighted by Crippen LogP contribution is 2.37. The number of rotatable bonds is 2. The summed E-state index contributed by atoms with van der Waals surface area (Å²) in [6, 6.07) is 12.2. The standard InChI is InChI=1S/C16H10ClNO2/c17-11-4-5-13-14(16(9-19)18-15(13)8-11)7-10-2-1-3-12(20)6-10/h1-9,20H. The van der Waals surface area contributed by atoms with Crippen LogP contribution >= 0.6 is 11.6 Å². The van der Waals surface area contributed by atoms with Crippen LogP contribution in [0.1, 0.15) is 11.1 Å². The molecule has 98 valence electrons. The van der Waals surface area contributed by atoms with E-state index in [0.717, 1.165) is 23.0 Å². The Bertz CT molecular complexity index is 763. The zero-order valence-corrected chi connectivity index (χ0v) is 11.1. The Balaban J connectivity index is 2.14. The van der Waals surface area contributed by atoms with Crippen LogP contribution in [0.4, 0.5) is 5.69 Å². The number of carbonyl (C=O) groups excluding carboxylic acids is 1. The number of aliphatic imine (C=N–C) groups is 1. The van der Waals surface area contributed by atoms with Gasteiger partial charge in [-0.25, -0.2) is 4.99 Å². The molecule has 1 N–H and O–H groups in total. The first-order chi connectivity index (χ1) is 9.67. The Kier molecular flexibility index (Phi) is 3.12. The smallest absolute Gasteiger partial charge is 0.169 e. The molecule has 0 amide bonds. The van der Waals surface area contributed by atoms with Crippen molar-refractivity contribution < 1.29 is 9.90 Å². The molecule has 2 aromatic carbocycles. The molecule has 0 aliphatic carbocycles. The summed E-state index contributed by atoms with van der Waals surface area (Å²) in [4.78, 5) is 15.4. The Morgan fingerprint density at radius 3 is 2.75 bits per heavy atom. The third-order valence-corrected chi connectivity index (χ3v) is 3.29. The molecule has 0 radical (unpaired) electrons. The van der Waals surface area contributed by atoms with Crippen LogP contribution in [0.5, 0.6) is 5.75 Å². The van der Waals surface area contributed by atoms with Gasteiger partial charge in [0.15, 0.2) is 6.29 Å². The minimum atomic E-state index is 0.179. The van der Waals surface area contributed by atoms with Crippen molar-refractivity contribution in [2.24, 2.45) is 4.99 Å². The first kappa shape index (κ1) is 12.6. The van der Waals surface area contributed by atoms with E-state index in [1.165, 1.54) is 0 Å². The summed E-state index contributed by atoms with van der Waals surface area (Å²) in [6.07, 6.45) is 2.55. The zero-order chi connectivity index (χ0) is 14.1. The number of hydrogen-bond acceptors (Lipinski definition) is 3. The van der Waals surface area contributed by atoms with E-state index in [0.29, 0.717) is 16.4 Å². The predicted octanol–water partition coefficient (Wildman–Crippen LogP) is 3.87. The second-order valence-corrected chi connectivity index (χ2v) is 4.87. The van der Waals surface area contributed by atoms with Gasteiger partial charge in [0.05, 0.1) is 5.69 Å². The molecule has 2 aromatic rings. The van der Waals surface area contributed by atoms with Crippen LogP contribution in [-0.2, 0) is 4.79 Å². The molecule has 3 rings (SSSR count). The number of phenolic OH excluding ortho intramolecular Hbond substituents is 1. The lowest BCUT2D eigenvalue weighted by Gasteiger charge is -2.02. The molecule has 0 aromatic heterocycles. The van der Waals surface area contributed by atoms with Crippen molar-refractivity contribution >= 4 is 40.9 Å². The molecule has 0 fully saturated rings. The highest BCUT2D eigenvalue weighted by molar-refractivity contribution is 6.53. The van der Waals surface area contributed by atoms with Crippen LogP contribution in [-0.4, -0.2) is 17.1 Å². The molecular formula is C16H10ClNO2. The Hall–Kier alpha value is -2.39. The van der Waals surface area contributed by atoms with Gasteiger partial charge in [0.25, 0.3) is 0 Å². The monoisotopic (exact) mass is 283 g/mol. The second kappa shape index (κ2) is 4.94. The summed E-state index contributed by atoms with van der Waals surface area (Å²) < 4.78 is 0. The van der Waals surface area contributed by atoms with Crippen LogP contribution in [0.25, 0.3) is 11.6 Å². The van der Waals surface area contributed by atoms with E-state index >= 15 is 0 Å². The number of benzene rings is 2. The number of aromatic hydroxyl groups is 1. The molecule has 1 heterocycles. The molecule has 1 aliphatic rings. The third-order valence-electron chi connectivity index (χ3n) is 3.06. The van der Waals surface area contributed by atoms with Gasteiger partial charge in [-0.15, -0.1) is 0 Å². The van der Waals surface area contributed by atoms with E-state index in [1.54, 1.807) is 30.3 Å². The maximum Gasteiger partial charge on any atom is 0.169 e. The predicted molar refractivity (Wildman–Crippen MR) is 80.6 cm³/mol. The van der Waals surface area contributed by atoms with Crippen molar-refractivity contribution in [2.75, 3.05) is 0 Å². The Morgan fingerprint density at radius 2 is 2.00 bits per heavy atom. The van der Waals surface area contributed by atoms with Crippen LogP contribution < -0.4 is 0 Å². The summed E-state index contributed by atoms with van der Waals surface area (Å²) in [5, 5.41) is 10.1. The average Bonchev–Trinajstić information content (AvgIpc) is 2.76. The van der Waals surface area contributed by atoms with Gasteiger partial charge in [0, 0.05) is 16.2 Å². The fourth-order valence-corrected chi connectivity index (χ4v) is 2.34. The van der Waals surface area contributed by atoms with Gasteiger partial charge >= 0.3 is 0 Å². The molecule has 0 saturated carbocycles. The van der Waals surface area contributed by atoms with Crippen molar-refractivity contribution in [1.82, 2.24) is 0 Å². The molecule has 0 spiro atoms. The van der Waals surface area contributed by atoms with Gasteiger partial charge in [0.1, 0.15) is 11.5 Å². The van der Waals surface area contributed by atoms with Crippen molar-refractivity contribution in [3.8, 4) is 5.75 Å². The number of aldehydes is 1. The summed E-state index contributed by atoms with van der Waals surface area (Å²) in [5.41, 5.74) is 3.45. The van der Waals surface area contributed by atoms with Crippen LogP contribution in [0.3, 0.4) is 0 Å². The molecule has 0 saturated heterocycles. The number of halogens is 1. The Labute approximate surface area is 120 Å². The summed E-state index contributed by atoms with van der Waals surface area (Å²) in [6.45, 7) is 0. The van der Waals surface area contributed by atoms with Crippen LogP contribution in [0.2, 0.25) is 5.02 Å². The largest absolute Gasteiger partial charge is 0.508 e. The van der Waals surface area contributed by atoms with Gasteiger partial charge in [0.2, 0.25) is 0 Å². The quantitative estimate of drug-likeness (QED) is 0.851. The number of nitrogens with zero attached hydrogens (tertiary/aromatic N) is 1. The number of phenols is 1. The van der Waals surface area contributed by atoms with Crippen molar-refractivity contribution in [1.29, 1.82) is 0 Å². The molecule has 0 atom stereocenters. The minimum absolute atomic E-state index is 0.179. The average molecular weight is 284 g/mol. The van der Waals surface area contributed by atoms with E-state index < -0.39 is 0 Å². The van der Waals surface area contributed by atoms with E-state index in [1.807, 2.05) is 18.2 Å². The maximum absolute atomic E-state index is 11.2. The van der Waals surface area contributed by atoms with Crippen LogP contribution in [0, 0.1) is 0 Å². The lowest BCUT2D eigenvalue weighted by Crippen LogP contribution is -1.97. The molecule has 0 unspecified atom stereocenters. The SMILES string of the molecule is O=CC1=Nc2cc(Cl)ccc2C1=Cc1cccc(O)c1.